The number of amides is 2. The molecule has 0 heterocycles. The Morgan fingerprint density at radius 3 is 2.29 bits per heavy atom. The number of halogens is 1. The minimum atomic E-state index is -0.476. The largest absolute Gasteiger partial charge is 0.491 e. The summed E-state index contributed by atoms with van der Waals surface area (Å²) in [5.74, 6) is 0.270. The molecule has 0 spiro atoms. The minimum absolute atomic E-state index is 0.0104. The summed E-state index contributed by atoms with van der Waals surface area (Å²) in [6, 6.07) is 12.3. The predicted octanol–water partition coefficient (Wildman–Crippen LogP) is 4.00. The third-order valence-electron chi connectivity index (χ3n) is 4.29. The topological polar surface area (TPSA) is 85.9 Å². The van der Waals surface area contributed by atoms with E-state index in [1.165, 1.54) is 0 Å². The van der Waals surface area contributed by atoms with Crippen molar-refractivity contribution in [3.05, 3.63) is 58.1 Å². The third kappa shape index (κ3) is 8.22. The van der Waals surface area contributed by atoms with Crippen LogP contribution in [-0.2, 0) is 14.9 Å². The number of carbonyl (C=O) groups is 2. The third-order valence-corrected chi connectivity index (χ3v) is 4.91. The van der Waals surface area contributed by atoms with Gasteiger partial charge in [0, 0.05) is 12.2 Å². The van der Waals surface area contributed by atoms with Crippen molar-refractivity contribution in [2.45, 2.75) is 33.1 Å². The fourth-order valence-electron chi connectivity index (χ4n) is 2.53. The zero-order valence-electron chi connectivity index (χ0n) is 18.3. The Morgan fingerprint density at radius 1 is 0.968 bits per heavy atom. The molecule has 2 N–H and O–H groups in total. The van der Waals surface area contributed by atoms with Gasteiger partial charge in [0.1, 0.15) is 18.1 Å². The lowest BCUT2D eigenvalue weighted by atomic mass is 9.87. The number of ether oxygens (including phenoxy) is 3. The van der Waals surface area contributed by atoms with Gasteiger partial charge in [0.25, 0.3) is 11.8 Å². The normalized spacial score (nSPS) is 11.0. The predicted molar refractivity (Wildman–Crippen MR) is 122 cm³/mol. The molecule has 2 rings (SSSR count). The second kappa shape index (κ2) is 11.7. The molecule has 0 bridgehead atoms. The maximum atomic E-state index is 12.2. The molecular formula is C23H29BrN2O5. The zero-order chi connectivity index (χ0) is 22.9. The molecule has 2 aromatic rings. The summed E-state index contributed by atoms with van der Waals surface area (Å²) in [6.45, 7) is 9.62. The summed E-state index contributed by atoms with van der Waals surface area (Å²) in [5, 5.41) is 0. The number of rotatable bonds is 9. The Bertz CT molecular complexity index is 879. The highest BCUT2D eigenvalue weighted by Crippen LogP contribution is 2.31. The number of hydrazine groups is 1. The Morgan fingerprint density at radius 2 is 1.68 bits per heavy atom. The van der Waals surface area contributed by atoms with Gasteiger partial charge in [-0.05, 0) is 70.2 Å². The zero-order valence-corrected chi connectivity index (χ0v) is 19.9. The van der Waals surface area contributed by atoms with Gasteiger partial charge in [0.05, 0.1) is 11.1 Å². The van der Waals surface area contributed by atoms with Gasteiger partial charge in [0.15, 0.2) is 6.61 Å². The van der Waals surface area contributed by atoms with Gasteiger partial charge >= 0.3 is 0 Å². The van der Waals surface area contributed by atoms with E-state index >= 15 is 0 Å². The van der Waals surface area contributed by atoms with Crippen LogP contribution in [0.1, 0.15) is 43.6 Å². The van der Waals surface area contributed by atoms with Gasteiger partial charge in [0.2, 0.25) is 0 Å². The van der Waals surface area contributed by atoms with Crippen LogP contribution in [0.15, 0.2) is 46.9 Å². The lowest BCUT2D eigenvalue weighted by Gasteiger charge is -2.20. The molecule has 0 atom stereocenters. The first kappa shape index (κ1) is 24.7. The van der Waals surface area contributed by atoms with Gasteiger partial charge in [-0.1, -0.05) is 26.8 Å². The molecule has 0 saturated carbocycles. The molecule has 0 unspecified atom stereocenters. The van der Waals surface area contributed by atoms with Crippen LogP contribution in [-0.4, -0.2) is 38.2 Å². The summed E-state index contributed by atoms with van der Waals surface area (Å²) >= 11 is 3.47. The van der Waals surface area contributed by atoms with Crippen LogP contribution in [0.2, 0.25) is 0 Å². The molecule has 31 heavy (non-hydrogen) atoms. The average molecular weight is 493 g/mol. The molecule has 0 aromatic heterocycles. The second-order valence-corrected chi connectivity index (χ2v) is 8.61. The molecule has 0 radical (unpaired) electrons. The van der Waals surface area contributed by atoms with Gasteiger partial charge in [-0.25, -0.2) is 0 Å². The van der Waals surface area contributed by atoms with Crippen molar-refractivity contribution in [1.29, 1.82) is 0 Å². The maximum Gasteiger partial charge on any atom is 0.276 e. The van der Waals surface area contributed by atoms with Crippen LogP contribution in [0.5, 0.6) is 11.5 Å². The van der Waals surface area contributed by atoms with Crippen molar-refractivity contribution >= 4 is 27.7 Å². The quantitative estimate of drug-likeness (QED) is 0.408. The van der Waals surface area contributed by atoms with Crippen molar-refractivity contribution in [1.82, 2.24) is 10.9 Å². The van der Waals surface area contributed by atoms with Crippen molar-refractivity contribution < 1.29 is 23.8 Å². The van der Waals surface area contributed by atoms with Crippen molar-refractivity contribution in [3.8, 4) is 11.5 Å². The molecule has 8 heteroatoms. The first-order valence-corrected chi connectivity index (χ1v) is 10.8. The van der Waals surface area contributed by atoms with E-state index in [-0.39, 0.29) is 12.0 Å². The molecule has 0 aliphatic rings. The smallest absolute Gasteiger partial charge is 0.276 e. The fourth-order valence-corrected chi connectivity index (χ4v) is 3.02. The van der Waals surface area contributed by atoms with Gasteiger partial charge in [-0.3, -0.25) is 20.4 Å². The molecule has 168 valence electrons. The van der Waals surface area contributed by atoms with Crippen LogP contribution < -0.4 is 20.3 Å². The fraction of sp³-hybridized carbons (Fsp3) is 0.391. The van der Waals surface area contributed by atoms with Crippen LogP contribution >= 0.6 is 15.9 Å². The standard InChI is InChI=1S/C23H29BrN2O5/c1-5-29-12-13-30-18-9-6-16(7-10-18)22(28)26-25-21(27)15-31-20-11-8-17(14-19(20)24)23(2,3)4/h6-11,14H,5,12-13,15H2,1-4H3,(H,25,27)(H,26,28). The molecule has 0 aliphatic carbocycles. The molecular weight excluding hydrogens is 464 g/mol. The Balaban J connectivity index is 1.77. The van der Waals surface area contributed by atoms with E-state index in [1.54, 1.807) is 24.3 Å². The van der Waals surface area contributed by atoms with Crippen molar-refractivity contribution in [2.75, 3.05) is 26.4 Å². The van der Waals surface area contributed by atoms with E-state index in [1.807, 2.05) is 25.1 Å². The first-order chi connectivity index (χ1) is 14.7. The van der Waals surface area contributed by atoms with Gasteiger partial charge in [-0.15, -0.1) is 0 Å². The summed E-state index contributed by atoms with van der Waals surface area (Å²) in [7, 11) is 0. The SMILES string of the molecule is CCOCCOc1ccc(C(=O)NNC(=O)COc2ccc(C(C)(C)C)cc2Br)cc1. The number of benzene rings is 2. The van der Waals surface area contributed by atoms with Gasteiger partial charge in [-0.2, -0.15) is 0 Å². The Labute approximate surface area is 191 Å². The van der Waals surface area contributed by atoms with Crippen LogP contribution in [0.3, 0.4) is 0 Å². The van der Waals surface area contributed by atoms with E-state index in [0.717, 1.165) is 10.0 Å². The lowest BCUT2D eigenvalue weighted by Crippen LogP contribution is -2.43. The van der Waals surface area contributed by atoms with E-state index in [0.29, 0.717) is 36.9 Å². The molecule has 0 aliphatic heterocycles. The first-order valence-electron chi connectivity index (χ1n) is 10.0. The highest BCUT2D eigenvalue weighted by molar-refractivity contribution is 9.10. The summed E-state index contributed by atoms with van der Waals surface area (Å²) in [6.07, 6.45) is 0. The van der Waals surface area contributed by atoms with Crippen LogP contribution in [0.25, 0.3) is 0 Å². The Kier molecular flexibility index (Phi) is 9.33. The Hall–Kier alpha value is -2.58. The van der Waals surface area contributed by atoms with Crippen molar-refractivity contribution in [3.63, 3.8) is 0 Å². The summed E-state index contributed by atoms with van der Waals surface area (Å²) < 4.78 is 17.0. The molecule has 7 nitrogen and oxygen atoms in total. The highest BCUT2D eigenvalue weighted by Gasteiger charge is 2.16. The van der Waals surface area contributed by atoms with E-state index < -0.39 is 11.8 Å². The monoisotopic (exact) mass is 492 g/mol. The number of hydrogen-bond acceptors (Lipinski definition) is 5. The van der Waals surface area contributed by atoms with E-state index in [2.05, 4.69) is 47.6 Å². The van der Waals surface area contributed by atoms with Gasteiger partial charge < -0.3 is 14.2 Å². The maximum absolute atomic E-state index is 12.2. The second-order valence-electron chi connectivity index (χ2n) is 7.76. The number of nitrogens with one attached hydrogen (secondary N) is 2. The highest BCUT2D eigenvalue weighted by atomic mass is 79.9. The number of carbonyl (C=O) groups excluding carboxylic acids is 2. The van der Waals surface area contributed by atoms with E-state index in [4.69, 9.17) is 14.2 Å². The molecule has 0 saturated heterocycles. The van der Waals surface area contributed by atoms with Crippen LogP contribution in [0.4, 0.5) is 0 Å². The molecule has 2 amide bonds. The molecule has 0 fully saturated rings. The lowest BCUT2D eigenvalue weighted by molar-refractivity contribution is -0.123. The average Bonchev–Trinajstić information content (AvgIpc) is 2.74. The summed E-state index contributed by atoms with van der Waals surface area (Å²) in [4.78, 5) is 24.2. The minimum Gasteiger partial charge on any atom is -0.491 e. The number of hydrogen-bond donors (Lipinski definition) is 2. The molecule has 2 aromatic carbocycles. The van der Waals surface area contributed by atoms with Crippen molar-refractivity contribution in [2.24, 2.45) is 0 Å². The van der Waals surface area contributed by atoms with Crippen LogP contribution in [0, 0.1) is 0 Å². The summed E-state index contributed by atoms with van der Waals surface area (Å²) in [5.41, 5.74) is 6.26. The van der Waals surface area contributed by atoms with E-state index in [9.17, 15) is 9.59 Å².